The van der Waals surface area contributed by atoms with Gasteiger partial charge in [0.05, 0.1) is 23.3 Å². The number of fused-ring (bicyclic) bond motifs is 1. The first kappa shape index (κ1) is 13.5. The molecule has 0 unspecified atom stereocenters. The van der Waals surface area contributed by atoms with Crippen LogP contribution in [-0.2, 0) is 14.3 Å². The Balaban J connectivity index is 2.31. The number of rotatable bonds is 3. The lowest BCUT2D eigenvalue weighted by Gasteiger charge is -2.19. The van der Waals surface area contributed by atoms with E-state index in [9.17, 15) is 19.7 Å². The highest BCUT2D eigenvalue weighted by Gasteiger charge is 2.25. The number of non-ortho nitro benzene ring substituents is 1. The van der Waals surface area contributed by atoms with Gasteiger partial charge in [-0.1, -0.05) is 0 Å². The Hall–Kier alpha value is -2.90. The average Bonchev–Trinajstić information content (AvgIpc) is 2.39. The molecule has 0 atom stereocenters. The summed E-state index contributed by atoms with van der Waals surface area (Å²) in [4.78, 5) is 33.0. The van der Waals surface area contributed by atoms with Crippen LogP contribution in [0, 0.1) is 10.1 Å². The van der Waals surface area contributed by atoms with E-state index < -0.39 is 16.9 Å². The molecule has 1 heterocycles. The van der Waals surface area contributed by atoms with Crippen molar-refractivity contribution < 1.29 is 24.0 Å². The first-order valence-electron chi connectivity index (χ1n) is 5.67. The predicted molar refractivity (Wildman–Crippen MR) is 67.1 cm³/mol. The zero-order chi connectivity index (χ0) is 14.7. The minimum atomic E-state index is -0.764. The van der Waals surface area contributed by atoms with Crippen molar-refractivity contribution in [2.75, 3.05) is 11.9 Å². The second-order valence-corrected chi connectivity index (χ2v) is 3.76. The molecule has 1 aromatic carbocycles. The summed E-state index contributed by atoms with van der Waals surface area (Å²) in [7, 11) is 0. The fourth-order valence-corrected chi connectivity index (χ4v) is 1.57. The van der Waals surface area contributed by atoms with Gasteiger partial charge in [0.2, 0.25) is 0 Å². The van der Waals surface area contributed by atoms with E-state index in [1.165, 1.54) is 18.2 Å². The van der Waals surface area contributed by atoms with Crippen LogP contribution in [0.3, 0.4) is 0 Å². The van der Waals surface area contributed by atoms with Crippen LogP contribution in [0.5, 0.6) is 5.75 Å². The topological polar surface area (TPSA) is 108 Å². The first-order valence-corrected chi connectivity index (χ1v) is 5.67. The Morgan fingerprint density at radius 3 is 2.95 bits per heavy atom. The van der Waals surface area contributed by atoms with Crippen LogP contribution in [0.25, 0.3) is 0 Å². The molecule has 0 radical (unpaired) electrons. The molecule has 1 N–H and O–H groups in total. The minimum Gasteiger partial charge on any atom is -0.463 e. The molecule has 8 heteroatoms. The third-order valence-electron chi connectivity index (χ3n) is 2.41. The monoisotopic (exact) mass is 278 g/mol. The van der Waals surface area contributed by atoms with E-state index in [1.807, 2.05) is 0 Å². The van der Waals surface area contributed by atoms with Crippen molar-refractivity contribution in [3.05, 3.63) is 40.1 Å². The standard InChI is InChI=1S/C12H10N2O6/c1-2-19-11(15)6-9-12(16)20-10-4-3-7(14(17)18)5-8(10)13-9/h3-6,13H,2H2,1H3/b9-6-. The van der Waals surface area contributed by atoms with Gasteiger partial charge >= 0.3 is 11.9 Å². The largest absolute Gasteiger partial charge is 0.463 e. The molecule has 104 valence electrons. The number of nitrogens with zero attached hydrogens (tertiary/aromatic N) is 1. The summed E-state index contributed by atoms with van der Waals surface area (Å²) in [6.07, 6.45) is 0.938. The lowest BCUT2D eigenvalue weighted by molar-refractivity contribution is -0.384. The van der Waals surface area contributed by atoms with E-state index in [0.717, 1.165) is 6.08 Å². The van der Waals surface area contributed by atoms with E-state index in [0.29, 0.717) is 0 Å². The highest BCUT2D eigenvalue weighted by molar-refractivity contribution is 6.02. The van der Waals surface area contributed by atoms with Crippen LogP contribution in [0.2, 0.25) is 0 Å². The Morgan fingerprint density at radius 2 is 2.30 bits per heavy atom. The average molecular weight is 278 g/mol. The van der Waals surface area contributed by atoms with E-state index >= 15 is 0 Å². The van der Waals surface area contributed by atoms with Crippen molar-refractivity contribution in [3.63, 3.8) is 0 Å². The summed E-state index contributed by atoms with van der Waals surface area (Å²) >= 11 is 0. The second kappa shape index (κ2) is 5.39. The molecular formula is C12H10N2O6. The fourth-order valence-electron chi connectivity index (χ4n) is 1.57. The molecular weight excluding hydrogens is 268 g/mol. The summed E-state index contributed by atoms with van der Waals surface area (Å²) in [5.41, 5.74) is -0.0736. The van der Waals surface area contributed by atoms with Gasteiger partial charge in [0, 0.05) is 12.1 Å². The molecule has 0 fully saturated rings. The molecule has 1 aliphatic rings. The van der Waals surface area contributed by atoms with Gasteiger partial charge < -0.3 is 14.8 Å². The van der Waals surface area contributed by atoms with Crippen molar-refractivity contribution in [2.45, 2.75) is 6.92 Å². The van der Waals surface area contributed by atoms with Gasteiger partial charge in [-0.05, 0) is 13.0 Å². The lowest BCUT2D eigenvalue weighted by atomic mass is 10.2. The van der Waals surface area contributed by atoms with Crippen LogP contribution in [0.15, 0.2) is 30.0 Å². The van der Waals surface area contributed by atoms with Gasteiger partial charge in [0.1, 0.15) is 5.70 Å². The number of nitro benzene ring substituents is 1. The molecule has 0 spiro atoms. The van der Waals surface area contributed by atoms with Crippen molar-refractivity contribution in [3.8, 4) is 5.75 Å². The number of carbonyl (C=O) groups excluding carboxylic acids is 2. The molecule has 1 aliphatic heterocycles. The van der Waals surface area contributed by atoms with Crippen LogP contribution < -0.4 is 10.1 Å². The molecule has 2 rings (SSSR count). The molecule has 1 aromatic rings. The number of benzene rings is 1. The fraction of sp³-hybridized carbons (Fsp3) is 0.167. The third kappa shape index (κ3) is 2.74. The number of nitro groups is 1. The van der Waals surface area contributed by atoms with Crippen molar-refractivity contribution in [2.24, 2.45) is 0 Å². The van der Waals surface area contributed by atoms with E-state index in [-0.39, 0.29) is 29.4 Å². The number of esters is 2. The number of hydrogen-bond acceptors (Lipinski definition) is 7. The SMILES string of the molecule is CCOC(=O)/C=C1\Nc2cc([N+](=O)[O-])ccc2OC1=O. The van der Waals surface area contributed by atoms with Gasteiger partial charge in [-0.15, -0.1) is 0 Å². The van der Waals surface area contributed by atoms with Gasteiger partial charge in [0.25, 0.3) is 5.69 Å². The molecule has 0 aromatic heterocycles. The molecule has 0 aliphatic carbocycles. The van der Waals surface area contributed by atoms with E-state index in [2.05, 4.69) is 10.1 Å². The maximum absolute atomic E-state index is 11.6. The summed E-state index contributed by atoms with van der Waals surface area (Å²) in [6, 6.07) is 3.73. The number of ether oxygens (including phenoxy) is 2. The summed E-state index contributed by atoms with van der Waals surface area (Å²) in [5.74, 6) is -1.32. The number of nitrogens with one attached hydrogen (secondary N) is 1. The summed E-state index contributed by atoms with van der Waals surface area (Å²) < 4.78 is 9.63. The quantitative estimate of drug-likeness (QED) is 0.292. The van der Waals surface area contributed by atoms with E-state index in [1.54, 1.807) is 6.92 Å². The molecule has 0 bridgehead atoms. The third-order valence-corrected chi connectivity index (χ3v) is 2.41. The van der Waals surface area contributed by atoms with Crippen LogP contribution in [0.4, 0.5) is 11.4 Å². The predicted octanol–water partition coefficient (Wildman–Crippen LogP) is 1.37. The number of hydrogen-bond donors (Lipinski definition) is 1. The summed E-state index contributed by atoms with van der Waals surface area (Å²) in [5, 5.41) is 13.3. The van der Waals surface area contributed by atoms with Crippen molar-refractivity contribution >= 4 is 23.3 Å². The van der Waals surface area contributed by atoms with Gasteiger partial charge in [0.15, 0.2) is 5.75 Å². The Kier molecular flexibility index (Phi) is 3.65. The summed E-state index contributed by atoms with van der Waals surface area (Å²) in [6.45, 7) is 1.79. The minimum absolute atomic E-state index is 0.142. The Morgan fingerprint density at radius 1 is 1.55 bits per heavy atom. The van der Waals surface area contributed by atoms with Crippen molar-refractivity contribution in [1.82, 2.24) is 0 Å². The Bertz CT molecular complexity index is 622. The van der Waals surface area contributed by atoms with Crippen LogP contribution in [0.1, 0.15) is 6.92 Å². The van der Waals surface area contributed by atoms with Gasteiger partial charge in [-0.25, -0.2) is 9.59 Å². The molecule has 0 saturated heterocycles. The van der Waals surface area contributed by atoms with Crippen LogP contribution >= 0.6 is 0 Å². The van der Waals surface area contributed by atoms with Gasteiger partial charge in [-0.3, -0.25) is 10.1 Å². The molecule has 0 saturated carbocycles. The zero-order valence-corrected chi connectivity index (χ0v) is 10.4. The first-order chi connectivity index (χ1) is 9.51. The zero-order valence-electron chi connectivity index (χ0n) is 10.4. The Labute approximate surface area is 113 Å². The normalized spacial score (nSPS) is 15.1. The van der Waals surface area contributed by atoms with E-state index in [4.69, 9.17) is 4.74 Å². The van der Waals surface area contributed by atoms with Crippen LogP contribution in [-0.4, -0.2) is 23.5 Å². The highest BCUT2D eigenvalue weighted by Crippen LogP contribution is 2.33. The lowest BCUT2D eigenvalue weighted by Crippen LogP contribution is -2.24. The second-order valence-electron chi connectivity index (χ2n) is 3.76. The molecule has 0 amide bonds. The maximum atomic E-state index is 11.6. The maximum Gasteiger partial charge on any atom is 0.360 e. The highest BCUT2D eigenvalue weighted by atomic mass is 16.6. The number of anilines is 1. The van der Waals surface area contributed by atoms with Gasteiger partial charge in [-0.2, -0.15) is 0 Å². The molecule has 20 heavy (non-hydrogen) atoms. The van der Waals surface area contributed by atoms with Crippen molar-refractivity contribution in [1.29, 1.82) is 0 Å². The molecule has 8 nitrogen and oxygen atoms in total. The smallest absolute Gasteiger partial charge is 0.360 e. The number of carbonyl (C=O) groups is 2.